The SMILES string of the molecule is CCCCCOC(=O)Nc1ncnn2c([C@]3(C#N)OC(CO[Si](C)(C)C(C)(C)C)[C@H]4OC(C)(C)O[C@H]43)ccc12. The zero-order valence-electron chi connectivity index (χ0n) is 24.2. The Morgan fingerprint density at radius 3 is 2.64 bits per heavy atom. The molecule has 0 spiro atoms. The van der Waals surface area contributed by atoms with Gasteiger partial charge in [-0.1, -0.05) is 40.5 Å². The van der Waals surface area contributed by atoms with Crippen LogP contribution in [0.2, 0.25) is 18.1 Å². The molecule has 4 heterocycles. The Labute approximate surface area is 231 Å². The van der Waals surface area contributed by atoms with Gasteiger partial charge in [0.05, 0.1) is 18.9 Å². The van der Waals surface area contributed by atoms with E-state index in [0.29, 0.717) is 17.8 Å². The maximum atomic E-state index is 12.4. The number of hydrogen-bond donors (Lipinski definition) is 1. The molecule has 4 atom stereocenters. The summed E-state index contributed by atoms with van der Waals surface area (Å²) >= 11 is 0. The average molecular weight is 560 g/mol. The molecule has 0 aromatic carbocycles. The largest absolute Gasteiger partial charge is 0.449 e. The van der Waals surface area contributed by atoms with Crippen molar-refractivity contribution in [2.24, 2.45) is 0 Å². The molecule has 1 unspecified atom stereocenters. The predicted molar refractivity (Wildman–Crippen MR) is 147 cm³/mol. The van der Waals surface area contributed by atoms with Crippen LogP contribution in [0.3, 0.4) is 0 Å². The van der Waals surface area contributed by atoms with Crippen molar-refractivity contribution < 1.29 is 28.2 Å². The van der Waals surface area contributed by atoms with Crippen LogP contribution in [0.5, 0.6) is 0 Å². The number of unbranched alkanes of at least 4 members (excludes halogenated alkanes) is 2. The van der Waals surface area contributed by atoms with Gasteiger partial charge in [0.2, 0.25) is 5.60 Å². The summed E-state index contributed by atoms with van der Waals surface area (Å²) in [7, 11) is -2.09. The van der Waals surface area contributed by atoms with Crippen LogP contribution in [-0.2, 0) is 29.0 Å². The molecular formula is C27H41N5O6Si. The summed E-state index contributed by atoms with van der Waals surface area (Å²) < 4.78 is 32.3. The number of anilines is 1. The number of carbonyl (C=O) groups is 1. The molecule has 1 amide bonds. The monoisotopic (exact) mass is 559 g/mol. The molecule has 2 fully saturated rings. The van der Waals surface area contributed by atoms with Crippen molar-refractivity contribution in [1.82, 2.24) is 14.6 Å². The third-order valence-corrected chi connectivity index (χ3v) is 12.3. The molecule has 1 N–H and O–H groups in total. The number of carbonyl (C=O) groups excluding carboxylic acids is 1. The zero-order valence-corrected chi connectivity index (χ0v) is 25.2. The van der Waals surface area contributed by atoms with Gasteiger partial charge in [-0.25, -0.2) is 14.3 Å². The van der Waals surface area contributed by atoms with Crippen LogP contribution < -0.4 is 5.32 Å². The maximum absolute atomic E-state index is 12.4. The fourth-order valence-electron chi connectivity index (χ4n) is 4.70. The first-order chi connectivity index (χ1) is 18.2. The Balaban J connectivity index is 1.64. The van der Waals surface area contributed by atoms with Gasteiger partial charge < -0.3 is 23.4 Å². The van der Waals surface area contributed by atoms with E-state index in [-0.39, 0.29) is 17.5 Å². The molecule has 2 aromatic heterocycles. The van der Waals surface area contributed by atoms with E-state index in [4.69, 9.17) is 23.4 Å². The molecule has 2 saturated heterocycles. The average Bonchev–Trinajstić information content (AvgIpc) is 3.51. The first-order valence-corrected chi connectivity index (χ1v) is 16.5. The predicted octanol–water partition coefficient (Wildman–Crippen LogP) is 5.13. The Hall–Kier alpha value is -2.56. The standard InChI is InChI=1S/C27H41N5O6Si/c1-9-10-11-14-34-24(33)31-23-18-12-13-20(32(18)30-17-29-23)27(16-28)22-21(37-26(5,6)38-22)19(36-27)15-35-39(7,8)25(2,3)4/h12-13,17,19,21-22H,9-11,14-15H2,1-8H3,(H,29,30,31,33)/t19?,21-,22-,27+/m1/s1. The molecule has 0 saturated carbocycles. The summed E-state index contributed by atoms with van der Waals surface area (Å²) in [6.45, 7) is 17.2. The van der Waals surface area contributed by atoms with Crippen LogP contribution in [0, 0.1) is 11.3 Å². The molecule has 0 radical (unpaired) electrons. The lowest BCUT2D eigenvalue weighted by molar-refractivity contribution is -0.204. The van der Waals surface area contributed by atoms with Gasteiger partial charge in [-0.05, 0) is 50.5 Å². The van der Waals surface area contributed by atoms with E-state index >= 15 is 0 Å². The van der Waals surface area contributed by atoms with Crippen molar-refractivity contribution in [1.29, 1.82) is 5.26 Å². The molecule has 2 aromatic rings. The second-order valence-electron chi connectivity index (χ2n) is 12.2. The minimum absolute atomic E-state index is 0.0127. The van der Waals surface area contributed by atoms with E-state index in [1.165, 1.54) is 6.33 Å². The summed E-state index contributed by atoms with van der Waals surface area (Å²) in [6.07, 6.45) is 1.75. The van der Waals surface area contributed by atoms with E-state index in [0.717, 1.165) is 19.3 Å². The maximum Gasteiger partial charge on any atom is 0.412 e. The number of nitrogens with zero attached hydrogens (tertiary/aromatic N) is 4. The lowest BCUT2D eigenvalue weighted by Crippen LogP contribution is -2.44. The highest BCUT2D eigenvalue weighted by atomic mass is 28.4. The van der Waals surface area contributed by atoms with E-state index in [9.17, 15) is 10.1 Å². The van der Waals surface area contributed by atoms with E-state index in [1.807, 2.05) is 13.8 Å². The van der Waals surface area contributed by atoms with Crippen molar-refractivity contribution in [3.05, 3.63) is 24.2 Å². The molecule has 0 bridgehead atoms. The van der Waals surface area contributed by atoms with Crippen LogP contribution in [0.15, 0.2) is 18.5 Å². The highest BCUT2D eigenvalue weighted by Crippen LogP contribution is 2.50. The number of aromatic nitrogens is 3. The number of hydrogen-bond acceptors (Lipinski definition) is 9. The number of fused-ring (bicyclic) bond motifs is 2. The number of ether oxygens (including phenoxy) is 4. The Bertz CT molecular complexity index is 1240. The Morgan fingerprint density at radius 1 is 1.23 bits per heavy atom. The molecule has 214 valence electrons. The molecule has 4 rings (SSSR count). The third kappa shape index (κ3) is 5.69. The van der Waals surface area contributed by atoms with Gasteiger partial charge in [0.15, 0.2) is 19.9 Å². The summed E-state index contributed by atoms with van der Waals surface area (Å²) in [4.78, 5) is 16.6. The third-order valence-electron chi connectivity index (χ3n) is 7.85. The molecule has 2 aliphatic heterocycles. The van der Waals surface area contributed by atoms with Crippen LogP contribution >= 0.6 is 0 Å². The van der Waals surface area contributed by atoms with Gasteiger partial charge in [0.1, 0.15) is 36.2 Å². The van der Waals surface area contributed by atoms with E-state index in [1.54, 1.807) is 16.6 Å². The van der Waals surface area contributed by atoms with Crippen molar-refractivity contribution >= 4 is 25.7 Å². The minimum atomic E-state index is -2.09. The Morgan fingerprint density at radius 2 is 1.97 bits per heavy atom. The molecule has 39 heavy (non-hydrogen) atoms. The highest BCUT2D eigenvalue weighted by molar-refractivity contribution is 6.74. The van der Waals surface area contributed by atoms with Crippen LogP contribution in [0.4, 0.5) is 10.6 Å². The fourth-order valence-corrected chi connectivity index (χ4v) is 5.71. The van der Waals surface area contributed by atoms with Crippen LogP contribution in [0.25, 0.3) is 5.52 Å². The normalized spacial score (nSPS) is 26.4. The quantitative estimate of drug-likeness (QED) is 0.328. The molecular weight excluding hydrogens is 518 g/mol. The van der Waals surface area contributed by atoms with Gasteiger partial charge in [-0.2, -0.15) is 10.4 Å². The minimum Gasteiger partial charge on any atom is -0.449 e. The van der Waals surface area contributed by atoms with Crippen molar-refractivity contribution in [2.75, 3.05) is 18.5 Å². The lowest BCUT2D eigenvalue weighted by atomic mass is 9.92. The summed E-state index contributed by atoms with van der Waals surface area (Å²) in [5.74, 6) is -0.645. The highest BCUT2D eigenvalue weighted by Gasteiger charge is 2.65. The van der Waals surface area contributed by atoms with Crippen molar-refractivity contribution in [3.8, 4) is 6.07 Å². The van der Waals surface area contributed by atoms with Gasteiger partial charge in [-0.3, -0.25) is 5.32 Å². The first-order valence-electron chi connectivity index (χ1n) is 13.6. The lowest BCUT2D eigenvalue weighted by Gasteiger charge is -2.37. The second kappa shape index (κ2) is 10.8. The van der Waals surface area contributed by atoms with Crippen LogP contribution in [0.1, 0.15) is 66.5 Å². The molecule has 2 aliphatic rings. The molecule has 11 nitrogen and oxygen atoms in total. The van der Waals surface area contributed by atoms with E-state index in [2.05, 4.69) is 62.3 Å². The number of amides is 1. The van der Waals surface area contributed by atoms with E-state index < -0.39 is 44.1 Å². The fraction of sp³-hybridized carbons (Fsp3) is 0.704. The van der Waals surface area contributed by atoms with Gasteiger partial charge >= 0.3 is 6.09 Å². The van der Waals surface area contributed by atoms with Crippen LogP contribution in [-0.4, -0.2) is 66.3 Å². The number of nitriles is 1. The number of rotatable bonds is 9. The first kappa shape index (κ1) is 29.4. The smallest absolute Gasteiger partial charge is 0.412 e. The van der Waals surface area contributed by atoms with Gasteiger partial charge in [0.25, 0.3) is 0 Å². The summed E-state index contributed by atoms with van der Waals surface area (Å²) in [5.41, 5.74) is -0.585. The zero-order chi connectivity index (χ0) is 28.6. The van der Waals surface area contributed by atoms with Crippen molar-refractivity contribution in [3.63, 3.8) is 0 Å². The molecule has 0 aliphatic carbocycles. The van der Waals surface area contributed by atoms with Gasteiger partial charge in [0, 0.05) is 0 Å². The second-order valence-corrected chi connectivity index (χ2v) is 17.0. The topological polar surface area (TPSA) is 129 Å². The number of nitrogens with one attached hydrogen (secondary N) is 1. The molecule has 12 heteroatoms. The summed E-state index contributed by atoms with van der Waals surface area (Å²) in [5, 5.41) is 17.7. The Kier molecular flexibility index (Phi) is 8.13. The summed E-state index contributed by atoms with van der Waals surface area (Å²) in [6, 6.07) is 5.85. The van der Waals surface area contributed by atoms with Gasteiger partial charge in [-0.15, -0.1) is 0 Å². The van der Waals surface area contributed by atoms with Crippen molar-refractivity contribution in [2.45, 2.75) is 109 Å².